The van der Waals surface area contributed by atoms with Crippen molar-refractivity contribution in [3.05, 3.63) is 35.4 Å². The molecule has 3 rings (SSSR count). The van der Waals surface area contributed by atoms with Crippen molar-refractivity contribution in [1.29, 1.82) is 0 Å². The third-order valence-electron chi connectivity index (χ3n) is 4.64. The van der Waals surface area contributed by atoms with Crippen LogP contribution >= 0.6 is 0 Å². The summed E-state index contributed by atoms with van der Waals surface area (Å²) in [5.74, 6) is -0.999. The molecule has 0 bridgehead atoms. The van der Waals surface area contributed by atoms with E-state index < -0.39 is 11.6 Å². The molecule has 5 heteroatoms. The molecule has 1 aliphatic heterocycles. The highest BCUT2D eigenvalue weighted by atomic mass is 19.2. The molecular weight excluding hydrogens is 274 g/mol. The second-order valence-corrected chi connectivity index (χ2v) is 6.08. The van der Waals surface area contributed by atoms with Gasteiger partial charge in [-0.3, -0.25) is 10.1 Å². The van der Waals surface area contributed by atoms with Crippen LogP contribution in [-0.4, -0.2) is 23.4 Å². The number of halogens is 2. The first-order chi connectivity index (χ1) is 10.1. The molecule has 1 saturated heterocycles. The second kappa shape index (κ2) is 5.72. The molecule has 2 aliphatic rings. The maximum Gasteiger partial charge on any atom is 0.241 e. The van der Waals surface area contributed by atoms with E-state index in [1.807, 2.05) is 0 Å². The third kappa shape index (κ3) is 2.79. The van der Waals surface area contributed by atoms with Crippen LogP contribution in [-0.2, 0) is 4.79 Å². The zero-order valence-corrected chi connectivity index (χ0v) is 12.1. The summed E-state index contributed by atoms with van der Waals surface area (Å²) in [4.78, 5) is 14.0. The summed E-state index contributed by atoms with van der Waals surface area (Å²) in [7, 11) is 0. The van der Waals surface area contributed by atoms with Crippen molar-refractivity contribution in [2.75, 3.05) is 6.54 Å². The minimum atomic E-state index is -0.875. The van der Waals surface area contributed by atoms with Gasteiger partial charge in [-0.15, -0.1) is 0 Å². The van der Waals surface area contributed by atoms with E-state index in [-0.39, 0.29) is 18.1 Å². The second-order valence-electron chi connectivity index (χ2n) is 6.08. The summed E-state index contributed by atoms with van der Waals surface area (Å²) in [5.41, 5.74) is 0.597. The van der Waals surface area contributed by atoms with E-state index >= 15 is 0 Å². The van der Waals surface area contributed by atoms with E-state index in [4.69, 9.17) is 0 Å². The lowest BCUT2D eigenvalue weighted by Gasteiger charge is -2.30. The number of benzene rings is 1. The molecule has 21 heavy (non-hydrogen) atoms. The van der Waals surface area contributed by atoms with Gasteiger partial charge in [0, 0.05) is 6.54 Å². The Morgan fingerprint density at radius 2 is 2.05 bits per heavy atom. The number of hydrogen-bond acceptors (Lipinski definition) is 2. The first-order valence-corrected chi connectivity index (χ1v) is 7.57. The fraction of sp³-hybridized carbons (Fsp3) is 0.562. The molecule has 2 unspecified atom stereocenters. The van der Waals surface area contributed by atoms with E-state index in [0.717, 1.165) is 12.5 Å². The predicted molar refractivity (Wildman–Crippen MR) is 75.4 cm³/mol. The van der Waals surface area contributed by atoms with Gasteiger partial charge < -0.3 is 4.90 Å². The van der Waals surface area contributed by atoms with Gasteiger partial charge >= 0.3 is 0 Å². The molecule has 2 atom stereocenters. The monoisotopic (exact) mass is 294 g/mol. The molecule has 1 heterocycles. The number of carbonyl (C=O) groups is 1. The first-order valence-electron chi connectivity index (χ1n) is 7.57. The standard InChI is InChI=1S/C16H20F2N2O/c1-10-16(21)20(8-7-11-3-2-4-11)15(19-10)12-5-6-13(17)14(18)9-12/h5-6,9-11,15,19H,2-4,7-8H2,1H3. The molecule has 1 aromatic carbocycles. The van der Waals surface area contributed by atoms with Crippen molar-refractivity contribution >= 4 is 5.91 Å². The van der Waals surface area contributed by atoms with Gasteiger partial charge in [-0.1, -0.05) is 25.3 Å². The van der Waals surface area contributed by atoms with Gasteiger partial charge in [-0.05, 0) is 37.0 Å². The van der Waals surface area contributed by atoms with Crippen LogP contribution in [0.15, 0.2) is 18.2 Å². The highest BCUT2D eigenvalue weighted by molar-refractivity contribution is 5.84. The SMILES string of the molecule is CC1NC(c2ccc(F)c(F)c2)N(CCC2CCC2)C1=O. The first kappa shape index (κ1) is 14.4. The Balaban J connectivity index is 1.76. The summed E-state index contributed by atoms with van der Waals surface area (Å²) in [6.45, 7) is 2.48. The highest BCUT2D eigenvalue weighted by Gasteiger charge is 2.37. The minimum Gasteiger partial charge on any atom is -0.322 e. The number of nitrogens with zero attached hydrogens (tertiary/aromatic N) is 1. The smallest absolute Gasteiger partial charge is 0.241 e. The molecule has 1 aliphatic carbocycles. The lowest BCUT2D eigenvalue weighted by atomic mass is 9.83. The molecule has 1 amide bonds. The van der Waals surface area contributed by atoms with Crippen LogP contribution in [0.2, 0.25) is 0 Å². The van der Waals surface area contributed by atoms with Crippen LogP contribution in [0, 0.1) is 17.6 Å². The Morgan fingerprint density at radius 3 is 2.67 bits per heavy atom. The molecule has 0 spiro atoms. The summed E-state index contributed by atoms with van der Waals surface area (Å²) >= 11 is 0. The van der Waals surface area contributed by atoms with Crippen LogP contribution in [0.25, 0.3) is 0 Å². The largest absolute Gasteiger partial charge is 0.322 e. The van der Waals surface area contributed by atoms with Crippen molar-refractivity contribution in [1.82, 2.24) is 10.2 Å². The molecule has 114 valence electrons. The van der Waals surface area contributed by atoms with E-state index in [1.165, 1.54) is 31.4 Å². The lowest BCUT2D eigenvalue weighted by Crippen LogP contribution is -2.33. The van der Waals surface area contributed by atoms with Crippen molar-refractivity contribution in [3.63, 3.8) is 0 Å². The van der Waals surface area contributed by atoms with Gasteiger partial charge in [0.15, 0.2) is 11.6 Å². The number of nitrogens with one attached hydrogen (secondary N) is 1. The summed E-state index contributed by atoms with van der Waals surface area (Å²) in [6.07, 6.45) is 4.38. The minimum absolute atomic E-state index is 0.0315. The van der Waals surface area contributed by atoms with Gasteiger partial charge in [-0.25, -0.2) is 8.78 Å². The Hall–Kier alpha value is -1.49. The lowest BCUT2D eigenvalue weighted by molar-refractivity contribution is -0.130. The van der Waals surface area contributed by atoms with E-state index in [9.17, 15) is 13.6 Å². The summed E-state index contributed by atoms with van der Waals surface area (Å²) in [5, 5.41) is 3.16. The van der Waals surface area contributed by atoms with Gasteiger partial charge in [0.25, 0.3) is 0 Å². The van der Waals surface area contributed by atoms with Crippen molar-refractivity contribution in [2.24, 2.45) is 5.92 Å². The van der Waals surface area contributed by atoms with Crippen LogP contribution in [0.1, 0.15) is 44.3 Å². The highest BCUT2D eigenvalue weighted by Crippen LogP contribution is 2.32. The fourth-order valence-corrected chi connectivity index (χ4v) is 3.08. The van der Waals surface area contributed by atoms with Crippen LogP contribution in [0.5, 0.6) is 0 Å². The van der Waals surface area contributed by atoms with Crippen molar-refractivity contribution in [2.45, 2.75) is 44.8 Å². The van der Waals surface area contributed by atoms with Gasteiger partial charge in [0.1, 0.15) is 6.17 Å². The Kier molecular flexibility index (Phi) is 3.93. The third-order valence-corrected chi connectivity index (χ3v) is 4.64. The normalized spacial score (nSPS) is 26.2. The zero-order chi connectivity index (χ0) is 15.0. The van der Waals surface area contributed by atoms with Gasteiger partial charge in [0.05, 0.1) is 6.04 Å². The van der Waals surface area contributed by atoms with Gasteiger partial charge in [-0.2, -0.15) is 0 Å². The van der Waals surface area contributed by atoms with E-state index in [2.05, 4.69) is 5.32 Å². The molecule has 3 nitrogen and oxygen atoms in total. The van der Waals surface area contributed by atoms with Crippen molar-refractivity contribution in [3.8, 4) is 0 Å². The van der Waals surface area contributed by atoms with Crippen LogP contribution in [0.3, 0.4) is 0 Å². The summed E-state index contributed by atoms with van der Waals surface area (Å²) in [6, 6.07) is 3.54. The molecule has 1 N–H and O–H groups in total. The molecule has 0 radical (unpaired) electrons. The average molecular weight is 294 g/mol. The fourth-order valence-electron chi connectivity index (χ4n) is 3.08. The van der Waals surface area contributed by atoms with E-state index in [1.54, 1.807) is 11.8 Å². The Morgan fingerprint density at radius 1 is 1.29 bits per heavy atom. The molecular formula is C16H20F2N2O. The quantitative estimate of drug-likeness (QED) is 0.926. The van der Waals surface area contributed by atoms with Crippen molar-refractivity contribution < 1.29 is 13.6 Å². The number of carbonyl (C=O) groups excluding carboxylic acids is 1. The topological polar surface area (TPSA) is 32.3 Å². The molecule has 1 saturated carbocycles. The van der Waals surface area contributed by atoms with E-state index in [0.29, 0.717) is 18.0 Å². The Labute approximate surface area is 123 Å². The average Bonchev–Trinajstić information content (AvgIpc) is 2.68. The Bertz CT molecular complexity index is 545. The molecule has 1 aromatic rings. The number of amides is 1. The maximum absolute atomic E-state index is 13.4. The molecule has 0 aromatic heterocycles. The zero-order valence-electron chi connectivity index (χ0n) is 12.1. The van der Waals surface area contributed by atoms with Gasteiger partial charge in [0.2, 0.25) is 5.91 Å². The predicted octanol–water partition coefficient (Wildman–Crippen LogP) is 2.97. The van der Waals surface area contributed by atoms with Crippen LogP contribution < -0.4 is 5.32 Å². The number of rotatable bonds is 4. The maximum atomic E-state index is 13.4. The summed E-state index contributed by atoms with van der Waals surface area (Å²) < 4.78 is 26.5. The number of hydrogen-bond donors (Lipinski definition) is 1. The molecule has 2 fully saturated rings. The van der Waals surface area contributed by atoms with Crippen LogP contribution in [0.4, 0.5) is 8.78 Å².